The minimum Gasteiger partial charge on any atom is -0.512 e. The zero-order chi connectivity index (χ0) is 29.4. The third kappa shape index (κ3) is 8.33. The number of carbonyl (C=O) groups is 1. The first-order chi connectivity index (χ1) is 19.1. The van der Waals surface area contributed by atoms with Crippen LogP contribution in [0.25, 0.3) is 32.9 Å². The molecule has 4 rings (SSSR count). The van der Waals surface area contributed by atoms with Gasteiger partial charge in [-0.1, -0.05) is 85.7 Å². The van der Waals surface area contributed by atoms with Gasteiger partial charge in [0.25, 0.3) is 0 Å². The van der Waals surface area contributed by atoms with Crippen molar-refractivity contribution in [3.63, 3.8) is 0 Å². The summed E-state index contributed by atoms with van der Waals surface area (Å²) in [5.41, 5.74) is 6.70. The van der Waals surface area contributed by atoms with Gasteiger partial charge in [0.1, 0.15) is 6.33 Å². The van der Waals surface area contributed by atoms with Crippen molar-refractivity contribution in [1.29, 1.82) is 0 Å². The van der Waals surface area contributed by atoms with E-state index in [2.05, 4.69) is 86.2 Å². The Morgan fingerprint density at radius 1 is 0.927 bits per heavy atom. The van der Waals surface area contributed by atoms with Gasteiger partial charge in [-0.3, -0.25) is 9.78 Å². The minimum absolute atomic E-state index is 0. The number of rotatable bonds is 9. The number of aliphatic hydroxyl groups excluding tert-OH is 1. The van der Waals surface area contributed by atoms with Crippen LogP contribution in [0.1, 0.15) is 89.8 Å². The number of ketones is 1. The molecule has 4 nitrogen and oxygen atoms in total. The van der Waals surface area contributed by atoms with E-state index in [9.17, 15) is 9.90 Å². The van der Waals surface area contributed by atoms with Crippen molar-refractivity contribution in [1.82, 2.24) is 9.97 Å². The molecule has 41 heavy (non-hydrogen) atoms. The van der Waals surface area contributed by atoms with E-state index in [-0.39, 0.29) is 43.5 Å². The van der Waals surface area contributed by atoms with Crippen molar-refractivity contribution in [2.75, 3.05) is 0 Å². The Hall–Kier alpha value is -2.88. The molecular formula is C36H45IrN2O2-. The number of aryl methyl sites for hydroxylation is 2. The van der Waals surface area contributed by atoms with Gasteiger partial charge in [0.2, 0.25) is 0 Å². The zero-order valence-electron chi connectivity index (χ0n) is 25.8. The second kappa shape index (κ2) is 15.9. The van der Waals surface area contributed by atoms with E-state index in [0.717, 1.165) is 53.4 Å². The number of hydrogen-bond acceptors (Lipinski definition) is 4. The normalized spacial score (nSPS) is 11.6. The van der Waals surface area contributed by atoms with Crippen LogP contribution in [0.5, 0.6) is 0 Å². The van der Waals surface area contributed by atoms with E-state index in [0.29, 0.717) is 5.92 Å². The molecule has 1 radical (unpaired) electrons. The van der Waals surface area contributed by atoms with Crippen molar-refractivity contribution >= 4 is 27.5 Å². The molecule has 4 aromatic rings. The average molecular weight is 730 g/mol. The molecule has 5 heteroatoms. The molecule has 0 unspecified atom stereocenters. The smallest absolute Gasteiger partial charge is 0.162 e. The van der Waals surface area contributed by atoms with Crippen molar-refractivity contribution in [2.45, 2.75) is 87.0 Å². The Bertz CT molecular complexity index is 1460. The Morgan fingerprint density at radius 2 is 1.59 bits per heavy atom. The number of aliphatic hydroxyl groups is 1. The predicted octanol–water partition coefficient (Wildman–Crippen LogP) is 9.86. The van der Waals surface area contributed by atoms with Gasteiger partial charge in [-0.25, -0.2) is 4.98 Å². The summed E-state index contributed by atoms with van der Waals surface area (Å²) < 4.78 is 0. The monoisotopic (exact) mass is 730 g/mol. The van der Waals surface area contributed by atoms with Crippen LogP contribution in [0.15, 0.2) is 60.6 Å². The van der Waals surface area contributed by atoms with E-state index in [1.807, 2.05) is 27.7 Å². The summed E-state index contributed by atoms with van der Waals surface area (Å²) >= 11 is 0. The summed E-state index contributed by atoms with van der Waals surface area (Å²) in [5, 5.41) is 13.3. The fourth-order valence-electron chi connectivity index (χ4n) is 5.43. The van der Waals surface area contributed by atoms with Crippen LogP contribution in [0.4, 0.5) is 0 Å². The summed E-state index contributed by atoms with van der Waals surface area (Å²) in [4.78, 5) is 21.0. The second-order valence-electron chi connectivity index (χ2n) is 11.0. The van der Waals surface area contributed by atoms with E-state index >= 15 is 0 Å². The first-order valence-corrected chi connectivity index (χ1v) is 14.8. The van der Waals surface area contributed by atoms with Gasteiger partial charge in [0.05, 0.1) is 11.3 Å². The molecule has 0 atom stereocenters. The van der Waals surface area contributed by atoms with Gasteiger partial charge < -0.3 is 5.11 Å². The molecule has 0 spiro atoms. The zero-order valence-corrected chi connectivity index (χ0v) is 28.2. The Labute approximate surface area is 260 Å². The maximum absolute atomic E-state index is 11.7. The number of carbonyl (C=O) groups excluding carboxylic acids is 1. The van der Waals surface area contributed by atoms with E-state index in [1.54, 1.807) is 6.33 Å². The van der Waals surface area contributed by atoms with Crippen LogP contribution >= 0.6 is 0 Å². The van der Waals surface area contributed by atoms with Gasteiger partial charge in [0, 0.05) is 43.4 Å². The molecule has 3 aromatic carbocycles. The SMILES string of the molecule is CCC(CC)C(=O)/C=C(\O)C(CC)CC.Cc1[c-]c(-c2ncnc3c2ccc2cccc(C(C)C)c23)cc(C)c1.[Ir]. The van der Waals surface area contributed by atoms with E-state index in [4.69, 9.17) is 0 Å². The molecule has 1 heterocycles. The number of nitrogens with zero attached hydrogens (tertiary/aromatic N) is 2. The second-order valence-corrected chi connectivity index (χ2v) is 11.0. The molecule has 1 N–H and O–H groups in total. The van der Waals surface area contributed by atoms with Crippen molar-refractivity contribution in [2.24, 2.45) is 11.8 Å². The number of fused-ring (bicyclic) bond motifs is 3. The third-order valence-corrected chi connectivity index (χ3v) is 7.79. The van der Waals surface area contributed by atoms with Gasteiger partial charge in [-0.15, -0.1) is 34.9 Å². The van der Waals surface area contributed by atoms with Crippen LogP contribution in [0, 0.1) is 31.7 Å². The summed E-state index contributed by atoms with van der Waals surface area (Å²) in [6.45, 7) is 16.7. The molecule has 0 aliphatic heterocycles. The van der Waals surface area contributed by atoms with Crippen LogP contribution in [0.3, 0.4) is 0 Å². The molecule has 1 aromatic heterocycles. The summed E-state index contributed by atoms with van der Waals surface area (Å²) in [7, 11) is 0. The van der Waals surface area contributed by atoms with E-state index < -0.39 is 0 Å². The molecule has 0 bridgehead atoms. The first-order valence-electron chi connectivity index (χ1n) is 14.8. The van der Waals surface area contributed by atoms with Crippen LogP contribution in [-0.4, -0.2) is 20.9 Å². The van der Waals surface area contributed by atoms with E-state index in [1.165, 1.54) is 28.0 Å². The molecule has 0 amide bonds. The first kappa shape index (κ1) is 34.3. The van der Waals surface area contributed by atoms with Gasteiger partial charge in [-0.2, -0.15) is 0 Å². The number of aromatic nitrogens is 2. The Morgan fingerprint density at radius 3 is 2.17 bits per heavy atom. The Balaban J connectivity index is 0.000000320. The van der Waals surface area contributed by atoms with Gasteiger partial charge in [-0.05, 0) is 53.6 Å². The maximum Gasteiger partial charge on any atom is 0.162 e. The fraction of sp³-hybridized carbons (Fsp3) is 0.417. The third-order valence-electron chi connectivity index (χ3n) is 7.79. The number of allylic oxidation sites excluding steroid dienone is 2. The quantitative estimate of drug-likeness (QED) is 0.0807. The van der Waals surface area contributed by atoms with Crippen LogP contribution in [0.2, 0.25) is 0 Å². The molecule has 0 saturated carbocycles. The van der Waals surface area contributed by atoms with Crippen LogP contribution < -0.4 is 0 Å². The number of benzene rings is 3. The topological polar surface area (TPSA) is 63.1 Å². The Kier molecular flexibility index (Phi) is 13.3. The summed E-state index contributed by atoms with van der Waals surface area (Å²) in [6, 6.07) is 18.5. The molecule has 221 valence electrons. The average Bonchev–Trinajstić information content (AvgIpc) is 2.93. The molecule has 0 aliphatic rings. The van der Waals surface area contributed by atoms with Crippen molar-refractivity contribution in [3.05, 3.63) is 83.4 Å². The molecule has 0 fully saturated rings. The number of hydrogen-bond donors (Lipinski definition) is 1. The summed E-state index contributed by atoms with van der Waals surface area (Å²) in [5.74, 6) is 0.992. The van der Waals surface area contributed by atoms with Crippen molar-refractivity contribution < 1.29 is 30.0 Å². The fourth-order valence-corrected chi connectivity index (χ4v) is 5.43. The standard InChI is InChI=1S/C23H21N2.C13H24O2.Ir/c1-14(2)19-7-5-6-17-8-9-20-22(24-13-25-23(20)21(17)19)18-11-15(3)10-16(4)12-18;1-5-10(6-2)12(14)9-13(15)11(7-3)8-4;/h5-11,13-14H,1-4H3;9-11,14H,5-8H2,1-4H3;/q-1;;/b;12-9-;. The maximum atomic E-state index is 11.7. The molecular weight excluding hydrogens is 685 g/mol. The van der Waals surface area contributed by atoms with Crippen LogP contribution in [-0.2, 0) is 24.9 Å². The molecule has 0 saturated heterocycles. The van der Waals surface area contributed by atoms with Gasteiger partial charge >= 0.3 is 0 Å². The van der Waals surface area contributed by atoms with Crippen molar-refractivity contribution in [3.8, 4) is 11.3 Å². The van der Waals surface area contributed by atoms with Gasteiger partial charge in [0.15, 0.2) is 5.78 Å². The largest absolute Gasteiger partial charge is 0.512 e. The molecule has 0 aliphatic carbocycles. The minimum atomic E-state index is 0. The predicted molar refractivity (Wildman–Crippen MR) is 169 cm³/mol. The summed E-state index contributed by atoms with van der Waals surface area (Å²) in [6.07, 6.45) is 6.59.